The van der Waals surface area contributed by atoms with Crippen LogP contribution in [-0.2, 0) is 10.0 Å². The van der Waals surface area contributed by atoms with Gasteiger partial charge in [0.25, 0.3) is 5.91 Å². The van der Waals surface area contributed by atoms with Gasteiger partial charge in [0.2, 0.25) is 10.0 Å². The Labute approximate surface area is 118 Å². The molecule has 1 aromatic carbocycles. The summed E-state index contributed by atoms with van der Waals surface area (Å²) in [7, 11) is 0.991. The van der Waals surface area contributed by atoms with Crippen molar-refractivity contribution in [3.63, 3.8) is 0 Å². The van der Waals surface area contributed by atoms with E-state index in [1.807, 2.05) is 0 Å². The number of benzene rings is 1. The second kappa shape index (κ2) is 6.58. The number of nitrogens with one attached hydrogen (secondary N) is 1. The fraction of sp³-hybridized carbons (Fsp3) is 0.417. The zero-order valence-corrected chi connectivity index (χ0v) is 12.5. The van der Waals surface area contributed by atoms with Crippen LogP contribution in [0.1, 0.15) is 10.4 Å². The lowest BCUT2D eigenvalue weighted by molar-refractivity contribution is 0.0953. The average Bonchev–Trinajstić information content (AvgIpc) is 2.37. The SMILES string of the molecule is COc1cc(N)ccc1C(=O)NCCS(=O)(=O)N(C)C. The lowest BCUT2D eigenvalue weighted by atomic mass is 10.1. The summed E-state index contributed by atoms with van der Waals surface area (Å²) in [5.74, 6) is -0.225. The van der Waals surface area contributed by atoms with Crippen LogP contribution in [0.15, 0.2) is 18.2 Å². The lowest BCUT2D eigenvalue weighted by Gasteiger charge is -2.12. The number of carbonyl (C=O) groups is 1. The van der Waals surface area contributed by atoms with Crippen molar-refractivity contribution in [2.24, 2.45) is 0 Å². The van der Waals surface area contributed by atoms with E-state index in [-0.39, 0.29) is 12.3 Å². The molecule has 0 saturated heterocycles. The molecule has 0 aliphatic rings. The minimum absolute atomic E-state index is 0.0207. The molecule has 0 bridgehead atoms. The largest absolute Gasteiger partial charge is 0.496 e. The summed E-state index contributed by atoms with van der Waals surface area (Å²) in [6, 6.07) is 4.64. The maximum absolute atomic E-state index is 12.0. The van der Waals surface area contributed by atoms with Crippen molar-refractivity contribution >= 4 is 21.6 Å². The number of amides is 1. The van der Waals surface area contributed by atoms with Gasteiger partial charge in [-0.15, -0.1) is 0 Å². The third-order valence-corrected chi connectivity index (χ3v) is 4.50. The lowest BCUT2D eigenvalue weighted by Crippen LogP contribution is -2.34. The minimum Gasteiger partial charge on any atom is -0.496 e. The predicted octanol–water partition coefficient (Wildman–Crippen LogP) is -0.101. The average molecular weight is 301 g/mol. The van der Waals surface area contributed by atoms with Gasteiger partial charge in [-0.05, 0) is 12.1 Å². The maximum atomic E-state index is 12.0. The molecular weight excluding hydrogens is 282 g/mol. The highest BCUT2D eigenvalue weighted by Gasteiger charge is 2.16. The van der Waals surface area contributed by atoms with E-state index in [0.29, 0.717) is 17.0 Å². The molecule has 0 atom stereocenters. The van der Waals surface area contributed by atoms with E-state index in [4.69, 9.17) is 10.5 Å². The second-order valence-electron chi connectivity index (χ2n) is 4.31. The minimum atomic E-state index is -3.33. The number of methoxy groups -OCH3 is 1. The van der Waals surface area contributed by atoms with Crippen LogP contribution in [0.3, 0.4) is 0 Å². The number of sulfonamides is 1. The number of carbonyl (C=O) groups excluding carboxylic acids is 1. The summed E-state index contributed by atoms with van der Waals surface area (Å²) < 4.78 is 29.3. The summed E-state index contributed by atoms with van der Waals surface area (Å²) in [5.41, 5.74) is 6.39. The Kier molecular flexibility index (Phi) is 5.34. The molecule has 1 rings (SSSR count). The van der Waals surface area contributed by atoms with Crippen molar-refractivity contribution in [3.05, 3.63) is 23.8 Å². The standard InChI is InChI=1S/C12H19N3O4S/c1-15(2)20(17,18)7-6-14-12(16)10-5-4-9(13)8-11(10)19-3/h4-5,8H,6-7,13H2,1-3H3,(H,14,16). The topological polar surface area (TPSA) is 102 Å². The van der Waals surface area contributed by atoms with Gasteiger partial charge >= 0.3 is 0 Å². The molecule has 20 heavy (non-hydrogen) atoms. The maximum Gasteiger partial charge on any atom is 0.255 e. The van der Waals surface area contributed by atoms with Crippen LogP contribution < -0.4 is 15.8 Å². The molecule has 0 aliphatic heterocycles. The predicted molar refractivity (Wildman–Crippen MR) is 77.2 cm³/mol. The number of nitrogens with zero attached hydrogens (tertiary/aromatic N) is 1. The zero-order chi connectivity index (χ0) is 15.3. The second-order valence-corrected chi connectivity index (χ2v) is 6.62. The molecule has 0 fully saturated rings. The van der Waals surface area contributed by atoms with E-state index in [1.165, 1.54) is 33.3 Å². The van der Waals surface area contributed by atoms with Crippen LogP contribution in [0, 0.1) is 0 Å². The van der Waals surface area contributed by atoms with E-state index >= 15 is 0 Å². The number of nitrogens with two attached hydrogens (primary N) is 1. The van der Waals surface area contributed by atoms with Crippen LogP contribution in [0.2, 0.25) is 0 Å². The van der Waals surface area contributed by atoms with Crippen molar-refractivity contribution in [1.29, 1.82) is 0 Å². The number of rotatable bonds is 6. The first-order valence-electron chi connectivity index (χ1n) is 5.90. The van der Waals surface area contributed by atoms with E-state index < -0.39 is 15.9 Å². The van der Waals surface area contributed by atoms with Crippen LogP contribution in [0.25, 0.3) is 0 Å². The molecule has 0 aliphatic carbocycles. The third-order valence-electron chi connectivity index (χ3n) is 2.67. The first-order valence-corrected chi connectivity index (χ1v) is 7.50. The molecule has 1 amide bonds. The normalized spacial score (nSPS) is 11.4. The first kappa shape index (κ1) is 16.3. The Hall–Kier alpha value is -1.80. The molecule has 112 valence electrons. The molecule has 0 radical (unpaired) electrons. The number of nitrogen functional groups attached to an aromatic ring is 1. The third kappa shape index (κ3) is 4.10. The van der Waals surface area contributed by atoms with E-state index in [1.54, 1.807) is 6.07 Å². The Bertz CT molecular complexity index is 584. The Balaban J connectivity index is 2.69. The summed E-state index contributed by atoms with van der Waals surface area (Å²) >= 11 is 0. The molecule has 8 heteroatoms. The van der Waals surface area contributed by atoms with Crippen LogP contribution in [0.5, 0.6) is 5.75 Å². The highest BCUT2D eigenvalue weighted by molar-refractivity contribution is 7.89. The highest BCUT2D eigenvalue weighted by atomic mass is 32.2. The van der Waals surface area contributed by atoms with Gasteiger partial charge in [0.1, 0.15) is 5.75 Å². The van der Waals surface area contributed by atoms with Crippen molar-refractivity contribution < 1.29 is 17.9 Å². The Morgan fingerprint density at radius 2 is 2.05 bits per heavy atom. The fourth-order valence-electron chi connectivity index (χ4n) is 1.47. The van der Waals surface area contributed by atoms with Crippen molar-refractivity contribution in [3.8, 4) is 5.75 Å². The highest BCUT2D eigenvalue weighted by Crippen LogP contribution is 2.21. The quantitative estimate of drug-likeness (QED) is 0.714. The van der Waals surface area contributed by atoms with Crippen molar-refractivity contribution in [1.82, 2.24) is 9.62 Å². The zero-order valence-electron chi connectivity index (χ0n) is 11.7. The number of anilines is 1. The van der Waals surface area contributed by atoms with Crippen molar-refractivity contribution in [2.45, 2.75) is 0 Å². The van der Waals surface area contributed by atoms with Crippen molar-refractivity contribution in [2.75, 3.05) is 39.2 Å². The summed E-state index contributed by atoms with van der Waals surface area (Å²) in [5, 5.41) is 2.54. The smallest absolute Gasteiger partial charge is 0.255 e. The van der Waals surface area contributed by atoms with Crippen LogP contribution >= 0.6 is 0 Å². The van der Waals surface area contributed by atoms with E-state index in [9.17, 15) is 13.2 Å². The summed E-state index contributed by atoms with van der Waals surface area (Å²) in [6.07, 6.45) is 0. The van der Waals surface area contributed by atoms with Gasteiger partial charge in [-0.1, -0.05) is 0 Å². The Morgan fingerprint density at radius 1 is 1.40 bits per heavy atom. The summed E-state index contributed by atoms with van der Waals surface area (Å²) in [6.45, 7) is 0.0207. The number of ether oxygens (including phenoxy) is 1. The fourth-order valence-corrected chi connectivity index (χ4v) is 2.19. The molecule has 1 aromatic rings. The van der Waals surface area contributed by atoms with Crippen LogP contribution in [-0.4, -0.2) is 52.1 Å². The van der Waals surface area contributed by atoms with Gasteiger partial charge in [-0.25, -0.2) is 12.7 Å². The molecule has 0 saturated carbocycles. The van der Waals surface area contributed by atoms with Gasteiger partial charge in [-0.3, -0.25) is 4.79 Å². The number of hydrogen-bond donors (Lipinski definition) is 2. The monoisotopic (exact) mass is 301 g/mol. The molecule has 3 N–H and O–H groups in total. The molecule has 0 spiro atoms. The Morgan fingerprint density at radius 3 is 2.60 bits per heavy atom. The van der Waals surface area contributed by atoms with E-state index in [2.05, 4.69) is 5.32 Å². The molecular formula is C12H19N3O4S. The van der Waals surface area contributed by atoms with Gasteiger partial charge in [0, 0.05) is 32.4 Å². The molecule has 0 heterocycles. The van der Waals surface area contributed by atoms with Gasteiger partial charge in [0.15, 0.2) is 0 Å². The van der Waals surface area contributed by atoms with Gasteiger partial charge < -0.3 is 15.8 Å². The molecule has 0 aromatic heterocycles. The van der Waals surface area contributed by atoms with Gasteiger partial charge in [-0.2, -0.15) is 0 Å². The summed E-state index contributed by atoms with van der Waals surface area (Å²) in [4.78, 5) is 12.0. The first-order chi connectivity index (χ1) is 9.27. The molecule has 7 nitrogen and oxygen atoms in total. The van der Waals surface area contributed by atoms with E-state index in [0.717, 1.165) is 4.31 Å². The van der Waals surface area contributed by atoms with Gasteiger partial charge in [0.05, 0.1) is 18.4 Å². The molecule has 0 unspecified atom stereocenters. The number of hydrogen-bond acceptors (Lipinski definition) is 5. The van der Waals surface area contributed by atoms with Crippen LogP contribution in [0.4, 0.5) is 5.69 Å².